The summed E-state index contributed by atoms with van der Waals surface area (Å²) in [4.78, 5) is 4.12. The van der Waals surface area contributed by atoms with Crippen LogP contribution in [0.3, 0.4) is 0 Å². The fraction of sp³-hybridized carbons (Fsp3) is 0.417. The molecular weight excluding hydrogens is 236 g/mol. The molecule has 0 spiro atoms. The maximum absolute atomic E-state index is 6.09. The first-order chi connectivity index (χ1) is 8.24. The minimum Gasteiger partial charge on any atom is -0.294 e. The largest absolute Gasteiger partial charge is 0.294 e. The van der Waals surface area contributed by atoms with Gasteiger partial charge in [-0.25, -0.2) is 0 Å². The van der Waals surface area contributed by atoms with E-state index in [4.69, 9.17) is 11.6 Å². The minimum absolute atomic E-state index is 0.104. The molecular formula is C12H15ClN4. The summed E-state index contributed by atoms with van der Waals surface area (Å²) in [5.41, 5.74) is 1.10. The van der Waals surface area contributed by atoms with Crippen molar-refractivity contribution in [1.29, 1.82) is 0 Å². The molecule has 0 aromatic carbocycles. The Hall–Kier alpha value is -1.42. The molecule has 2 aromatic heterocycles. The van der Waals surface area contributed by atoms with Crippen molar-refractivity contribution in [3.63, 3.8) is 0 Å². The molecule has 0 fully saturated rings. The minimum atomic E-state index is 0.104. The fourth-order valence-electron chi connectivity index (χ4n) is 1.85. The maximum Gasteiger partial charge on any atom is 0.225 e. The Morgan fingerprint density at radius 3 is 2.88 bits per heavy atom. The first-order valence-electron chi connectivity index (χ1n) is 5.73. The van der Waals surface area contributed by atoms with Gasteiger partial charge in [-0.3, -0.25) is 9.55 Å². The zero-order valence-electron chi connectivity index (χ0n) is 9.97. The van der Waals surface area contributed by atoms with Gasteiger partial charge in [0.25, 0.3) is 0 Å². The van der Waals surface area contributed by atoms with Crippen LogP contribution in [0.4, 0.5) is 0 Å². The number of hydrogen-bond acceptors (Lipinski definition) is 3. The van der Waals surface area contributed by atoms with Gasteiger partial charge in [-0.1, -0.05) is 13.0 Å². The second kappa shape index (κ2) is 5.27. The molecule has 90 valence electrons. The molecule has 5 heteroatoms. The lowest BCUT2D eigenvalue weighted by molar-refractivity contribution is 0.594. The molecule has 0 amide bonds. The summed E-state index contributed by atoms with van der Waals surface area (Å²) in [6.07, 6.45) is 5.51. The van der Waals surface area contributed by atoms with Crippen molar-refractivity contribution in [3.05, 3.63) is 41.2 Å². The van der Waals surface area contributed by atoms with E-state index >= 15 is 0 Å². The second-order valence-electron chi connectivity index (χ2n) is 3.97. The quantitative estimate of drug-likeness (QED) is 0.838. The van der Waals surface area contributed by atoms with E-state index in [1.165, 1.54) is 0 Å². The smallest absolute Gasteiger partial charge is 0.225 e. The van der Waals surface area contributed by atoms with Crippen molar-refractivity contribution in [2.75, 3.05) is 0 Å². The lowest BCUT2D eigenvalue weighted by atomic mass is 10.1. The molecule has 0 saturated carbocycles. The predicted molar refractivity (Wildman–Crippen MR) is 67.1 cm³/mol. The lowest BCUT2D eigenvalue weighted by Gasteiger charge is -2.16. The molecule has 0 aliphatic carbocycles. The normalized spacial score (nSPS) is 12.6. The van der Waals surface area contributed by atoms with Gasteiger partial charge in [0.05, 0.1) is 6.04 Å². The van der Waals surface area contributed by atoms with Crippen LogP contribution >= 0.6 is 11.6 Å². The monoisotopic (exact) mass is 250 g/mol. The van der Waals surface area contributed by atoms with E-state index in [-0.39, 0.29) is 6.04 Å². The van der Waals surface area contributed by atoms with Gasteiger partial charge < -0.3 is 0 Å². The number of halogens is 1. The summed E-state index contributed by atoms with van der Waals surface area (Å²) in [6, 6.07) is 4.06. The number of hydrogen-bond donors (Lipinski definition) is 0. The third-order valence-electron chi connectivity index (χ3n) is 2.75. The third-order valence-corrected chi connectivity index (χ3v) is 3.01. The zero-order valence-corrected chi connectivity index (χ0v) is 10.7. The molecule has 4 nitrogen and oxygen atoms in total. The number of aromatic nitrogens is 4. The molecule has 0 saturated heterocycles. The molecule has 0 radical (unpaired) electrons. The first-order valence-corrected chi connectivity index (χ1v) is 6.11. The molecule has 0 aliphatic heterocycles. The Morgan fingerprint density at radius 1 is 1.41 bits per heavy atom. The van der Waals surface area contributed by atoms with Crippen LogP contribution in [0.25, 0.3) is 0 Å². The van der Waals surface area contributed by atoms with Crippen LogP contribution < -0.4 is 0 Å². The number of nitrogens with zero attached hydrogens (tertiary/aromatic N) is 4. The molecule has 2 aromatic rings. The summed E-state index contributed by atoms with van der Waals surface area (Å²) in [6.45, 7) is 4.19. The van der Waals surface area contributed by atoms with Crippen LogP contribution in [0.1, 0.15) is 37.7 Å². The fourth-order valence-corrected chi connectivity index (χ4v) is 2.13. The summed E-state index contributed by atoms with van der Waals surface area (Å²) in [5.74, 6) is 0.925. The van der Waals surface area contributed by atoms with Gasteiger partial charge in [0.15, 0.2) is 0 Å². The van der Waals surface area contributed by atoms with Crippen molar-refractivity contribution in [2.24, 2.45) is 0 Å². The molecule has 0 aliphatic rings. The van der Waals surface area contributed by atoms with Crippen molar-refractivity contribution < 1.29 is 0 Å². The van der Waals surface area contributed by atoms with Crippen LogP contribution in [-0.4, -0.2) is 19.7 Å². The van der Waals surface area contributed by atoms with Crippen LogP contribution in [0.2, 0.25) is 5.28 Å². The zero-order chi connectivity index (χ0) is 12.3. The Labute approximate surface area is 106 Å². The second-order valence-corrected chi connectivity index (χ2v) is 4.31. The summed E-state index contributed by atoms with van der Waals surface area (Å²) in [5, 5.41) is 8.49. The Kier molecular flexibility index (Phi) is 3.74. The maximum atomic E-state index is 6.09. The van der Waals surface area contributed by atoms with E-state index < -0.39 is 0 Å². The molecule has 17 heavy (non-hydrogen) atoms. The van der Waals surface area contributed by atoms with Crippen molar-refractivity contribution in [3.8, 4) is 0 Å². The Balaban J connectivity index is 2.36. The molecule has 1 atom stereocenters. The highest BCUT2D eigenvalue weighted by molar-refractivity contribution is 6.28. The number of aryl methyl sites for hydroxylation is 1. The summed E-state index contributed by atoms with van der Waals surface area (Å²) < 4.78 is 1.96. The molecule has 0 N–H and O–H groups in total. The van der Waals surface area contributed by atoms with E-state index in [1.54, 1.807) is 6.20 Å². The van der Waals surface area contributed by atoms with Gasteiger partial charge in [-0.15, -0.1) is 10.2 Å². The topological polar surface area (TPSA) is 43.6 Å². The van der Waals surface area contributed by atoms with Gasteiger partial charge in [0.1, 0.15) is 5.82 Å². The van der Waals surface area contributed by atoms with Crippen molar-refractivity contribution in [1.82, 2.24) is 19.7 Å². The van der Waals surface area contributed by atoms with Crippen molar-refractivity contribution in [2.45, 2.75) is 32.7 Å². The molecule has 0 bridgehead atoms. The SMILES string of the molecule is CCCc1nnc(Cl)n1C(C)c1cccnc1. The van der Waals surface area contributed by atoms with E-state index in [0.29, 0.717) is 5.28 Å². The van der Waals surface area contributed by atoms with E-state index in [9.17, 15) is 0 Å². The molecule has 2 heterocycles. The Morgan fingerprint density at radius 2 is 2.24 bits per heavy atom. The highest BCUT2D eigenvalue weighted by Crippen LogP contribution is 2.23. The van der Waals surface area contributed by atoms with E-state index in [1.807, 2.05) is 22.9 Å². The number of rotatable bonds is 4. The highest BCUT2D eigenvalue weighted by Gasteiger charge is 2.16. The lowest BCUT2D eigenvalue weighted by Crippen LogP contribution is -2.11. The summed E-state index contributed by atoms with van der Waals surface area (Å²) in [7, 11) is 0. The molecule has 2 rings (SSSR count). The van der Waals surface area contributed by atoms with E-state index in [0.717, 1.165) is 24.2 Å². The average Bonchev–Trinajstić information content (AvgIpc) is 2.71. The number of pyridine rings is 1. The molecule has 1 unspecified atom stereocenters. The predicted octanol–water partition coefficient (Wildman–Crippen LogP) is 2.89. The average molecular weight is 251 g/mol. The van der Waals surface area contributed by atoms with Crippen LogP contribution in [-0.2, 0) is 6.42 Å². The van der Waals surface area contributed by atoms with E-state index in [2.05, 4.69) is 29.0 Å². The van der Waals surface area contributed by atoms with Crippen molar-refractivity contribution >= 4 is 11.6 Å². The van der Waals surface area contributed by atoms with Gasteiger partial charge >= 0.3 is 0 Å². The van der Waals surface area contributed by atoms with Crippen LogP contribution in [0.15, 0.2) is 24.5 Å². The Bertz CT molecular complexity index is 481. The van der Waals surface area contributed by atoms with Crippen LogP contribution in [0.5, 0.6) is 0 Å². The standard InChI is InChI=1S/C12H15ClN4/c1-3-5-11-15-16-12(13)17(11)9(2)10-6-4-7-14-8-10/h4,6-9H,3,5H2,1-2H3. The summed E-state index contributed by atoms with van der Waals surface area (Å²) >= 11 is 6.09. The first kappa shape index (κ1) is 12.0. The van der Waals surface area contributed by atoms with Gasteiger partial charge in [-0.2, -0.15) is 0 Å². The van der Waals surface area contributed by atoms with Gasteiger partial charge in [-0.05, 0) is 36.6 Å². The van der Waals surface area contributed by atoms with Crippen LogP contribution in [0, 0.1) is 0 Å². The third kappa shape index (κ3) is 2.47. The van der Waals surface area contributed by atoms with Gasteiger partial charge in [0.2, 0.25) is 5.28 Å². The highest BCUT2D eigenvalue weighted by atomic mass is 35.5. The van der Waals surface area contributed by atoms with Gasteiger partial charge in [0, 0.05) is 18.8 Å².